The predicted octanol–water partition coefficient (Wildman–Crippen LogP) is 1.21. The molecule has 0 aliphatic heterocycles. The summed E-state index contributed by atoms with van der Waals surface area (Å²) < 4.78 is 19.3. The lowest BCUT2D eigenvalue weighted by molar-refractivity contribution is 0.281. The fraction of sp³-hybridized carbons (Fsp3) is 0.333. The van der Waals surface area contributed by atoms with E-state index in [0.717, 1.165) is 16.7 Å². The Kier molecular flexibility index (Phi) is 3.59. The molecule has 13 heavy (non-hydrogen) atoms. The van der Waals surface area contributed by atoms with E-state index in [0.29, 0.717) is 0 Å². The molecule has 0 fully saturated rings. The molecule has 4 heteroatoms. The Bertz CT molecular complexity index is 323. The van der Waals surface area contributed by atoms with Gasteiger partial charge >= 0.3 is 0 Å². The maximum absolute atomic E-state index is 10.6. The van der Waals surface area contributed by atoms with Gasteiger partial charge in [-0.05, 0) is 23.6 Å². The third kappa shape index (κ3) is 2.91. The number of aliphatic hydroxyl groups is 1. The lowest BCUT2D eigenvalue weighted by atomic mass is 10.1. The smallest absolute Gasteiger partial charge is 0.157 e. The summed E-state index contributed by atoms with van der Waals surface area (Å²) in [5, 5.41) is 8.85. The largest absolute Gasteiger partial charge is 0.392 e. The van der Waals surface area contributed by atoms with Gasteiger partial charge in [0.05, 0.1) is 12.4 Å². The van der Waals surface area contributed by atoms with Crippen molar-refractivity contribution < 1.29 is 13.9 Å². The fourth-order valence-corrected chi connectivity index (χ4v) is 1.69. The van der Waals surface area contributed by atoms with Crippen LogP contribution in [-0.2, 0) is 23.4 Å². The molecule has 0 saturated carbocycles. The second kappa shape index (κ2) is 4.50. The van der Waals surface area contributed by atoms with Gasteiger partial charge in [0.25, 0.3) is 0 Å². The number of hydrogen-bond donors (Lipinski definition) is 2. The van der Waals surface area contributed by atoms with Crippen molar-refractivity contribution in [2.24, 2.45) is 0 Å². The highest BCUT2D eigenvalue weighted by molar-refractivity contribution is 7.78. The third-order valence-electron chi connectivity index (χ3n) is 1.88. The number of aliphatic hydroxyl groups excluding tert-OH is 1. The minimum atomic E-state index is -1.82. The minimum Gasteiger partial charge on any atom is -0.392 e. The van der Waals surface area contributed by atoms with Crippen molar-refractivity contribution in [3.05, 3.63) is 34.9 Å². The lowest BCUT2D eigenvalue weighted by Crippen LogP contribution is -1.97. The average molecular weight is 200 g/mol. The van der Waals surface area contributed by atoms with Gasteiger partial charge < -0.3 is 9.66 Å². The van der Waals surface area contributed by atoms with Gasteiger partial charge in [0.15, 0.2) is 11.1 Å². The highest BCUT2D eigenvalue weighted by Crippen LogP contribution is 2.12. The molecule has 0 aliphatic rings. The van der Waals surface area contributed by atoms with Crippen LogP contribution < -0.4 is 0 Å². The van der Waals surface area contributed by atoms with Gasteiger partial charge in [-0.15, -0.1) is 0 Å². The topological polar surface area (TPSA) is 57.5 Å². The van der Waals surface area contributed by atoms with Gasteiger partial charge in [-0.3, -0.25) is 0 Å². The Labute approximate surface area is 79.7 Å². The van der Waals surface area contributed by atoms with Crippen LogP contribution in [0.1, 0.15) is 16.7 Å². The summed E-state index contributed by atoms with van der Waals surface area (Å²) in [6.45, 7) is 1.84. The molecule has 1 rings (SSSR count). The number of benzene rings is 1. The Morgan fingerprint density at radius 3 is 2.69 bits per heavy atom. The summed E-state index contributed by atoms with van der Waals surface area (Å²) in [5.41, 5.74) is 2.55. The molecular weight excluding hydrogens is 188 g/mol. The first-order chi connectivity index (χ1) is 6.13. The molecule has 1 aromatic carbocycles. The van der Waals surface area contributed by atoms with Crippen molar-refractivity contribution in [3.63, 3.8) is 0 Å². The normalized spacial score (nSPS) is 12.8. The maximum Gasteiger partial charge on any atom is 0.157 e. The van der Waals surface area contributed by atoms with Crippen LogP contribution in [0.2, 0.25) is 0 Å². The van der Waals surface area contributed by atoms with E-state index in [1.165, 1.54) is 0 Å². The molecule has 0 heterocycles. The van der Waals surface area contributed by atoms with E-state index in [9.17, 15) is 4.21 Å². The summed E-state index contributed by atoms with van der Waals surface area (Å²) in [5.74, 6) is 0.125. The highest BCUT2D eigenvalue weighted by atomic mass is 32.2. The van der Waals surface area contributed by atoms with Gasteiger partial charge in [0.2, 0.25) is 0 Å². The molecule has 0 aromatic heterocycles. The third-order valence-corrected chi connectivity index (χ3v) is 2.43. The van der Waals surface area contributed by atoms with Crippen LogP contribution in [0, 0.1) is 6.92 Å². The van der Waals surface area contributed by atoms with E-state index >= 15 is 0 Å². The molecule has 0 spiro atoms. The van der Waals surface area contributed by atoms with E-state index in [2.05, 4.69) is 0 Å². The molecule has 0 aliphatic carbocycles. The molecular formula is C9H12O3S. The summed E-state index contributed by atoms with van der Waals surface area (Å²) >= 11 is -1.82. The lowest BCUT2D eigenvalue weighted by Gasteiger charge is -2.04. The van der Waals surface area contributed by atoms with Crippen LogP contribution in [0.3, 0.4) is 0 Å². The summed E-state index contributed by atoms with van der Waals surface area (Å²) in [6.07, 6.45) is 0. The average Bonchev–Trinajstić information content (AvgIpc) is 2.08. The van der Waals surface area contributed by atoms with Crippen molar-refractivity contribution in [2.45, 2.75) is 19.3 Å². The van der Waals surface area contributed by atoms with E-state index in [1.54, 1.807) is 12.1 Å². The monoisotopic (exact) mass is 200 g/mol. The van der Waals surface area contributed by atoms with Gasteiger partial charge in [-0.1, -0.05) is 18.2 Å². The van der Waals surface area contributed by atoms with Gasteiger partial charge in [0, 0.05) is 0 Å². The maximum atomic E-state index is 10.6. The number of hydrogen-bond acceptors (Lipinski definition) is 2. The molecule has 1 atom stereocenters. The van der Waals surface area contributed by atoms with Crippen LogP contribution in [0.25, 0.3) is 0 Å². The molecule has 3 nitrogen and oxygen atoms in total. The molecule has 0 amide bonds. The van der Waals surface area contributed by atoms with E-state index in [1.807, 2.05) is 13.0 Å². The molecule has 1 unspecified atom stereocenters. The zero-order chi connectivity index (χ0) is 9.84. The van der Waals surface area contributed by atoms with Crippen molar-refractivity contribution in [3.8, 4) is 0 Å². The van der Waals surface area contributed by atoms with Gasteiger partial charge in [-0.2, -0.15) is 0 Å². The Morgan fingerprint density at radius 2 is 2.15 bits per heavy atom. The standard InChI is InChI=1S/C9H12O3S/c1-7-2-3-8(5-10)4-9(7)6-13(11)12/h2-4,10H,5-6H2,1H3,(H,11,12). The second-order valence-electron chi connectivity index (χ2n) is 2.88. The van der Waals surface area contributed by atoms with Crippen molar-refractivity contribution in [1.82, 2.24) is 0 Å². The first-order valence-electron chi connectivity index (χ1n) is 3.90. The minimum absolute atomic E-state index is 0.0364. The predicted molar refractivity (Wildman–Crippen MR) is 51.6 cm³/mol. The fourth-order valence-electron chi connectivity index (χ4n) is 1.11. The van der Waals surface area contributed by atoms with E-state index < -0.39 is 11.1 Å². The van der Waals surface area contributed by atoms with Crippen molar-refractivity contribution in [2.75, 3.05) is 0 Å². The zero-order valence-electron chi connectivity index (χ0n) is 7.36. The first-order valence-corrected chi connectivity index (χ1v) is 5.18. The molecule has 1 aromatic rings. The SMILES string of the molecule is Cc1ccc(CO)cc1CS(=O)O. The van der Waals surface area contributed by atoms with E-state index in [-0.39, 0.29) is 12.4 Å². The summed E-state index contributed by atoms with van der Waals surface area (Å²) in [7, 11) is 0. The van der Waals surface area contributed by atoms with Gasteiger partial charge in [-0.25, -0.2) is 4.21 Å². The summed E-state index contributed by atoms with van der Waals surface area (Å²) in [4.78, 5) is 0. The molecule has 0 bridgehead atoms. The second-order valence-corrected chi connectivity index (χ2v) is 3.82. The zero-order valence-corrected chi connectivity index (χ0v) is 8.17. The van der Waals surface area contributed by atoms with Crippen molar-refractivity contribution in [1.29, 1.82) is 0 Å². The first kappa shape index (κ1) is 10.4. The number of aryl methyl sites for hydroxylation is 1. The number of rotatable bonds is 3. The Hall–Kier alpha value is -0.710. The highest BCUT2D eigenvalue weighted by Gasteiger charge is 2.02. The van der Waals surface area contributed by atoms with E-state index in [4.69, 9.17) is 9.66 Å². The molecule has 72 valence electrons. The molecule has 0 radical (unpaired) electrons. The molecule has 0 saturated heterocycles. The summed E-state index contributed by atoms with van der Waals surface area (Å²) in [6, 6.07) is 5.40. The Balaban J connectivity index is 2.96. The quantitative estimate of drug-likeness (QED) is 0.721. The Morgan fingerprint density at radius 1 is 1.46 bits per heavy atom. The van der Waals surface area contributed by atoms with Crippen molar-refractivity contribution >= 4 is 11.1 Å². The van der Waals surface area contributed by atoms with Crippen LogP contribution in [0.4, 0.5) is 0 Å². The van der Waals surface area contributed by atoms with Crippen LogP contribution >= 0.6 is 0 Å². The van der Waals surface area contributed by atoms with Gasteiger partial charge in [0.1, 0.15) is 0 Å². The van der Waals surface area contributed by atoms with Crippen LogP contribution in [-0.4, -0.2) is 13.9 Å². The van der Waals surface area contributed by atoms with Crippen LogP contribution in [0.15, 0.2) is 18.2 Å². The molecule has 2 N–H and O–H groups in total. The van der Waals surface area contributed by atoms with Crippen LogP contribution in [0.5, 0.6) is 0 Å².